The van der Waals surface area contributed by atoms with Crippen LogP contribution in [0.5, 0.6) is 0 Å². The lowest BCUT2D eigenvalue weighted by Crippen LogP contribution is -2.48. The summed E-state index contributed by atoms with van der Waals surface area (Å²) in [6.45, 7) is 2.48. The number of halogens is 1. The fraction of sp³-hybridized carbons (Fsp3) is 0.375. The van der Waals surface area contributed by atoms with Crippen molar-refractivity contribution >= 4 is 27.5 Å². The number of hydrogen-bond donors (Lipinski definition) is 0. The first-order valence-corrected chi connectivity index (χ1v) is 9.76. The lowest BCUT2D eigenvalue weighted by Gasteiger charge is -2.39. The van der Waals surface area contributed by atoms with Crippen LogP contribution in [0.2, 0.25) is 5.15 Å². The van der Waals surface area contributed by atoms with Crippen molar-refractivity contribution in [3.05, 3.63) is 46.2 Å². The molecule has 9 heteroatoms. The van der Waals surface area contributed by atoms with E-state index in [0.29, 0.717) is 36.3 Å². The van der Waals surface area contributed by atoms with Gasteiger partial charge < -0.3 is 4.90 Å². The second-order valence-corrected chi connectivity index (χ2v) is 8.44. The Kier molecular flexibility index (Phi) is 3.68. The quantitative estimate of drug-likeness (QED) is 0.797. The Hall–Kier alpha value is -1.90. The maximum atomic E-state index is 13.4. The number of carbonyl (C=O) groups excluding carboxylic acids is 1. The Labute approximate surface area is 150 Å². The summed E-state index contributed by atoms with van der Waals surface area (Å²) in [5.74, 6) is -0.130. The molecule has 1 unspecified atom stereocenters. The normalized spacial score (nSPS) is 20.7. The number of aromatic nitrogens is 2. The fourth-order valence-corrected chi connectivity index (χ4v) is 6.00. The highest BCUT2D eigenvalue weighted by Gasteiger charge is 2.47. The predicted molar refractivity (Wildman–Crippen MR) is 91.7 cm³/mol. The van der Waals surface area contributed by atoms with E-state index >= 15 is 0 Å². The molecule has 3 heterocycles. The molecule has 1 aromatic carbocycles. The molecule has 1 amide bonds. The summed E-state index contributed by atoms with van der Waals surface area (Å²) >= 11 is 6.20. The van der Waals surface area contributed by atoms with Crippen LogP contribution in [0.4, 0.5) is 0 Å². The lowest BCUT2D eigenvalue weighted by molar-refractivity contribution is 0.0470. The zero-order valence-corrected chi connectivity index (χ0v) is 15.4. The third-order valence-corrected chi connectivity index (χ3v) is 7.29. The second kappa shape index (κ2) is 5.55. The highest BCUT2D eigenvalue weighted by Crippen LogP contribution is 2.42. The summed E-state index contributed by atoms with van der Waals surface area (Å²) in [5, 5.41) is 4.19. The molecular formula is C16H17ClN4O3S. The van der Waals surface area contributed by atoms with E-state index in [-0.39, 0.29) is 16.0 Å². The van der Waals surface area contributed by atoms with E-state index in [1.807, 2.05) is 12.1 Å². The van der Waals surface area contributed by atoms with E-state index in [4.69, 9.17) is 11.6 Å². The SMILES string of the molecule is Cc1nn(C)c(Cl)c1S(=O)(=O)N1CCCN2C(=O)c3ccccc3C21. The van der Waals surface area contributed by atoms with Crippen molar-refractivity contribution in [1.29, 1.82) is 0 Å². The highest BCUT2D eigenvalue weighted by atomic mass is 35.5. The molecule has 0 bridgehead atoms. The molecule has 2 aromatic rings. The van der Waals surface area contributed by atoms with E-state index in [9.17, 15) is 13.2 Å². The molecule has 2 aliphatic rings. The molecule has 25 heavy (non-hydrogen) atoms. The molecule has 0 radical (unpaired) electrons. The van der Waals surface area contributed by atoms with Gasteiger partial charge in [0.05, 0.1) is 5.69 Å². The predicted octanol–water partition coefficient (Wildman–Crippen LogP) is 1.93. The fourth-order valence-electron chi connectivity index (χ4n) is 3.68. The van der Waals surface area contributed by atoms with Gasteiger partial charge in [-0.1, -0.05) is 29.8 Å². The highest BCUT2D eigenvalue weighted by molar-refractivity contribution is 7.89. The minimum absolute atomic E-state index is 0.00958. The van der Waals surface area contributed by atoms with Crippen LogP contribution in [0.15, 0.2) is 29.2 Å². The standard InChI is InChI=1S/C16H17ClN4O3S/c1-10-13(14(17)19(2)18-10)25(23,24)21-9-5-8-20-15(21)11-6-3-4-7-12(11)16(20)22/h3-4,6-7,15H,5,8-9H2,1-2H3. The summed E-state index contributed by atoms with van der Waals surface area (Å²) < 4.78 is 29.4. The van der Waals surface area contributed by atoms with Gasteiger partial charge in [-0.2, -0.15) is 9.40 Å². The van der Waals surface area contributed by atoms with Gasteiger partial charge >= 0.3 is 0 Å². The maximum Gasteiger partial charge on any atom is 0.255 e. The lowest BCUT2D eigenvalue weighted by atomic mass is 10.1. The minimum Gasteiger partial charge on any atom is -0.318 e. The maximum absolute atomic E-state index is 13.4. The molecule has 0 saturated carbocycles. The summed E-state index contributed by atoms with van der Waals surface area (Å²) in [5.41, 5.74) is 1.62. The smallest absolute Gasteiger partial charge is 0.255 e. The Bertz CT molecular complexity index is 985. The van der Waals surface area contributed by atoms with Crippen molar-refractivity contribution in [2.75, 3.05) is 13.1 Å². The van der Waals surface area contributed by atoms with Crippen LogP contribution in [0.25, 0.3) is 0 Å². The number of fused-ring (bicyclic) bond motifs is 3. The van der Waals surface area contributed by atoms with Gasteiger partial charge in [0.15, 0.2) is 0 Å². The molecule has 0 aliphatic carbocycles. The summed E-state index contributed by atoms with van der Waals surface area (Å²) in [6.07, 6.45) is -0.0510. The Balaban J connectivity index is 1.87. The van der Waals surface area contributed by atoms with Crippen molar-refractivity contribution in [1.82, 2.24) is 19.0 Å². The van der Waals surface area contributed by atoms with Crippen molar-refractivity contribution in [3.8, 4) is 0 Å². The van der Waals surface area contributed by atoms with Gasteiger partial charge in [-0.25, -0.2) is 8.42 Å². The van der Waals surface area contributed by atoms with Gasteiger partial charge in [0.1, 0.15) is 16.2 Å². The molecule has 1 fully saturated rings. The Morgan fingerprint density at radius 3 is 2.64 bits per heavy atom. The largest absolute Gasteiger partial charge is 0.318 e. The van der Waals surface area contributed by atoms with Crippen LogP contribution in [-0.2, 0) is 17.1 Å². The van der Waals surface area contributed by atoms with Crippen molar-refractivity contribution in [2.24, 2.45) is 7.05 Å². The molecule has 1 atom stereocenters. The number of hydrogen-bond acceptors (Lipinski definition) is 4. The first kappa shape index (κ1) is 16.6. The molecule has 1 aromatic heterocycles. The first-order valence-electron chi connectivity index (χ1n) is 7.95. The van der Waals surface area contributed by atoms with E-state index in [2.05, 4.69) is 5.10 Å². The van der Waals surface area contributed by atoms with Gasteiger partial charge in [-0.05, 0) is 19.4 Å². The molecule has 132 valence electrons. The van der Waals surface area contributed by atoms with Crippen LogP contribution in [0.3, 0.4) is 0 Å². The Morgan fingerprint density at radius 2 is 1.96 bits per heavy atom. The number of benzene rings is 1. The van der Waals surface area contributed by atoms with E-state index < -0.39 is 16.2 Å². The average Bonchev–Trinajstić information content (AvgIpc) is 3.02. The molecule has 2 aliphatic heterocycles. The van der Waals surface area contributed by atoms with Crippen LogP contribution in [0.1, 0.15) is 34.2 Å². The molecule has 4 rings (SSSR count). The van der Waals surface area contributed by atoms with Crippen LogP contribution >= 0.6 is 11.6 Å². The number of nitrogens with zero attached hydrogens (tertiary/aromatic N) is 4. The number of rotatable bonds is 2. The van der Waals surface area contributed by atoms with Crippen LogP contribution in [0, 0.1) is 6.92 Å². The van der Waals surface area contributed by atoms with Gasteiger partial charge in [0.25, 0.3) is 5.91 Å². The van der Waals surface area contributed by atoms with Crippen molar-refractivity contribution in [2.45, 2.75) is 24.4 Å². The zero-order chi connectivity index (χ0) is 17.9. The van der Waals surface area contributed by atoms with Crippen molar-refractivity contribution < 1.29 is 13.2 Å². The minimum atomic E-state index is -3.90. The van der Waals surface area contributed by atoms with E-state index in [1.54, 1.807) is 31.0 Å². The molecule has 0 N–H and O–H groups in total. The first-order chi connectivity index (χ1) is 11.8. The summed E-state index contributed by atoms with van der Waals surface area (Å²) in [4.78, 5) is 14.3. The summed E-state index contributed by atoms with van der Waals surface area (Å²) in [6, 6.07) is 7.15. The molecular weight excluding hydrogens is 364 g/mol. The third-order valence-electron chi connectivity index (χ3n) is 4.74. The van der Waals surface area contributed by atoms with Crippen LogP contribution < -0.4 is 0 Å². The number of carbonyl (C=O) groups is 1. The molecule has 1 saturated heterocycles. The average molecular weight is 381 g/mol. The molecule has 7 nitrogen and oxygen atoms in total. The number of aryl methyl sites for hydroxylation is 2. The van der Waals surface area contributed by atoms with Gasteiger partial charge in [0.2, 0.25) is 10.0 Å². The zero-order valence-electron chi connectivity index (χ0n) is 13.8. The summed E-state index contributed by atoms with van der Waals surface area (Å²) in [7, 11) is -2.30. The van der Waals surface area contributed by atoms with E-state index in [0.717, 1.165) is 0 Å². The topological polar surface area (TPSA) is 75.5 Å². The van der Waals surface area contributed by atoms with Gasteiger partial charge in [-0.3, -0.25) is 9.48 Å². The van der Waals surface area contributed by atoms with Crippen LogP contribution in [-0.4, -0.2) is 46.4 Å². The molecule has 0 spiro atoms. The van der Waals surface area contributed by atoms with Gasteiger partial charge in [-0.15, -0.1) is 0 Å². The Morgan fingerprint density at radius 1 is 1.24 bits per heavy atom. The second-order valence-electron chi connectivity index (χ2n) is 6.26. The number of sulfonamides is 1. The van der Waals surface area contributed by atoms with Crippen molar-refractivity contribution in [3.63, 3.8) is 0 Å². The number of amides is 1. The van der Waals surface area contributed by atoms with Gasteiger partial charge in [0, 0.05) is 31.3 Å². The monoisotopic (exact) mass is 380 g/mol. The van der Waals surface area contributed by atoms with E-state index in [1.165, 1.54) is 8.99 Å². The third kappa shape index (κ3) is 2.24.